The molecule has 144 valence electrons. The van der Waals surface area contributed by atoms with Gasteiger partial charge in [-0.2, -0.15) is 0 Å². The Morgan fingerprint density at radius 1 is 1.31 bits per heavy atom. The van der Waals surface area contributed by atoms with Gasteiger partial charge in [0.25, 0.3) is 5.91 Å². The number of carbonyl (C=O) groups excluding carboxylic acids is 1. The molecule has 1 amide bonds. The molecule has 1 heterocycles. The van der Waals surface area contributed by atoms with Crippen LogP contribution < -0.4 is 10.5 Å². The predicted octanol–water partition coefficient (Wildman–Crippen LogP) is 4.28. The maximum Gasteiger partial charge on any atom is 0.271 e. The Bertz CT molecular complexity index is 763. The third-order valence-corrected chi connectivity index (χ3v) is 4.27. The highest BCUT2D eigenvalue weighted by molar-refractivity contribution is 6.32. The Morgan fingerprint density at radius 3 is 2.35 bits per heavy atom. The van der Waals surface area contributed by atoms with Gasteiger partial charge in [0.2, 0.25) is 0 Å². The molecule has 0 spiro atoms. The first kappa shape index (κ1) is 24.5. The van der Waals surface area contributed by atoms with E-state index >= 15 is 0 Å². The summed E-state index contributed by atoms with van der Waals surface area (Å²) in [6.45, 7) is 3.80. The lowest BCUT2D eigenvalue weighted by Gasteiger charge is -2.20. The number of methoxy groups -OCH3 is 1. The number of hydrogen-bond donors (Lipinski definition) is 1. The second-order valence-electron chi connectivity index (χ2n) is 5.90. The lowest BCUT2D eigenvalue weighted by molar-refractivity contribution is 0.0822. The molecule has 0 unspecified atom stereocenters. The number of pyridine rings is 1. The number of amides is 1. The Balaban J connectivity index is 0.00000312. The second kappa shape index (κ2) is 9.97. The normalized spacial score (nSPS) is 11.0. The van der Waals surface area contributed by atoms with Crippen LogP contribution in [0.5, 0.6) is 5.75 Å². The number of benzene rings is 1. The number of ether oxygens (including phenoxy) is 1. The van der Waals surface area contributed by atoms with E-state index in [1.807, 2.05) is 26.0 Å². The molecule has 2 N–H and O–H groups in total. The van der Waals surface area contributed by atoms with Crippen LogP contribution in [-0.2, 0) is 0 Å². The monoisotopic (exact) mass is 419 g/mol. The maximum atomic E-state index is 12.0. The molecule has 8 heteroatoms. The summed E-state index contributed by atoms with van der Waals surface area (Å²) in [5.41, 5.74) is 9.81. The Kier molecular flexibility index (Phi) is 9.39. The standard InChI is InChI=1S/C18H22ClN3O2.2ClH/c1-10-14(19)8-13(11(2)20)17(24-5)16(10)12-6-7-15(21-9-12)18(23)22(3)4;;/h6-9,11H,20H2,1-5H3;2*1H/t11-;;/m0../s1. The van der Waals surface area contributed by atoms with E-state index in [1.165, 1.54) is 4.90 Å². The summed E-state index contributed by atoms with van der Waals surface area (Å²) in [6.07, 6.45) is 1.66. The van der Waals surface area contributed by atoms with Crippen molar-refractivity contribution in [3.8, 4) is 16.9 Å². The fourth-order valence-electron chi connectivity index (χ4n) is 2.55. The van der Waals surface area contributed by atoms with Gasteiger partial charge in [0.15, 0.2) is 0 Å². The van der Waals surface area contributed by atoms with Crippen molar-refractivity contribution < 1.29 is 9.53 Å². The molecule has 1 atom stereocenters. The van der Waals surface area contributed by atoms with E-state index in [0.717, 1.165) is 22.3 Å². The molecule has 1 aromatic carbocycles. The zero-order valence-electron chi connectivity index (χ0n) is 15.4. The molecule has 0 fully saturated rings. The number of carbonyl (C=O) groups is 1. The quantitative estimate of drug-likeness (QED) is 0.801. The molecule has 0 aliphatic carbocycles. The van der Waals surface area contributed by atoms with Crippen molar-refractivity contribution in [2.45, 2.75) is 19.9 Å². The summed E-state index contributed by atoms with van der Waals surface area (Å²) in [6, 6.07) is 5.15. The van der Waals surface area contributed by atoms with E-state index < -0.39 is 0 Å². The smallest absolute Gasteiger partial charge is 0.271 e. The molecular weight excluding hydrogens is 397 g/mol. The van der Waals surface area contributed by atoms with E-state index in [4.69, 9.17) is 22.1 Å². The minimum Gasteiger partial charge on any atom is -0.496 e. The van der Waals surface area contributed by atoms with Crippen LogP contribution in [0.15, 0.2) is 24.4 Å². The van der Waals surface area contributed by atoms with Crippen molar-refractivity contribution in [1.29, 1.82) is 0 Å². The van der Waals surface area contributed by atoms with Crippen LogP contribution >= 0.6 is 36.4 Å². The first-order chi connectivity index (χ1) is 11.3. The van der Waals surface area contributed by atoms with Gasteiger partial charge in [-0.1, -0.05) is 17.7 Å². The number of rotatable bonds is 4. The molecular formula is C18H24Cl3N3O2. The van der Waals surface area contributed by atoms with Gasteiger partial charge in [0.1, 0.15) is 11.4 Å². The molecule has 2 aromatic rings. The van der Waals surface area contributed by atoms with E-state index in [9.17, 15) is 4.79 Å². The van der Waals surface area contributed by atoms with Crippen molar-refractivity contribution in [2.75, 3.05) is 21.2 Å². The molecule has 1 aromatic heterocycles. The SMILES string of the molecule is COc1c([C@H](C)N)cc(Cl)c(C)c1-c1ccc(C(=O)N(C)C)nc1.Cl.Cl. The van der Waals surface area contributed by atoms with Crippen LogP contribution in [0.2, 0.25) is 5.02 Å². The van der Waals surface area contributed by atoms with Crippen LogP contribution in [0.3, 0.4) is 0 Å². The minimum atomic E-state index is -0.223. The van der Waals surface area contributed by atoms with E-state index in [-0.39, 0.29) is 36.8 Å². The molecule has 0 aliphatic heterocycles. The van der Waals surface area contributed by atoms with Crippen LogP contribution in [0.25, 0.3) is 11.1 Å². The predicted molar refractivity (Wildman–Crippen MR) is 111 cm³/mol. The van der Waals surface area contributed by atoms with E-state index in [2.05, 4.69) is 4.98 Å². The molecule has 0 aliphatic rings. The first-order valence-corrected chi connectivity index (χ1v) is 7.96. The van der Waals surface area contributed by atoms with Gasteiger partial charge in [-0.25, -0.2) is 0 Å². The van der Waals surface area contributed by atoms with Crippen LogP contribution in [0, 0.1) is 6.92 Å². The second-order valence-corrected chi connectivity index (χ2v) is 6.31. The lowest BCUT2D eigenvalue weighted by atomic mass is 9.95. The number of nitrogens with zero attached hydrogens (tertiary/aromatic N) is 2. The van der Waals surface area contributed by atoms with Gasteiger partial charge in [0, 0.05) is 48.0 Å². The highest BCUT2D eigenvalue weighted by atomic mass is 35.5. The number of hydrogen-bond acceptors (Lipinski definition) is 4. The van der Waals surface area contributed by atoms with Crippen molar-refractivity contribution in [3.05, 3.63) is 46.2 Å². The van der Waals surface area contributed by atoms with Crippen molar-refractivity contribution in [3.63, 3.8) is 0 Å². The highest BCUT2D eigenvalue weighted by Gasteiger charge is 2.20. The van der Waals surface area contributed by atoms with Crippen molar-refractivity contribution >= 4 is 42.3 Å². The van der Waals surface area contributed by atoms with Crippen molar-refractivity contribution in [1.82, 2.24) is 9.88 Å². The number of halogens is 3. The summed E-state index contributed by atoms with van der Waals surface area (Å²) in [4.78, 5) is 17.7. The topological polar surface area (TPSA) is 68.5 Å². The van der Waals surface area contributed by atoms with Gasteiger partial charge in [-0.3, -0.25) is 9.78 Å². The lowest BCUT2D eigenvalue weighted by Crippen LogP contribution is -2.22. The van der Waals surface area contributed by atoms with Crippen LogP contribution in [-0.4, -0.2) is 37.0 Å². The summed E-state index contributed by atoms with van der Waals surface area (Å²) in [5.74, 6) is 0.535. The third-order valence-electron chi connectivity index (χ3n) is 3.88. The van der Waals surface area contributed by atoms with E-state index in [1.54, 1.807) is 33.5 Å². The van der Waals surface area contributed by atoms with Gasteiger partial charge in [-0.05, 0) is 31.5 Å². The average molecular weight is 421 g/mol. The average Bonchev–Trinajstić information content (AvgIpc) is 2.55. The zero-order chi connectivity index (χ0) is 18.0. The fourth-order valence-corrected chi connectivity index (χ4v) is 2.76. The zero-order valence-corrected chi connectivity index (χ0v) is 17.8. The highest BCUT2D eigenvalue weighted by Crippen LogP contribution is 2.41. The van der Waals surface area contributed by atoms with Gasteiger partial charge >= 0.3 is 0 Å². The number of nitrogens with two attached hydrogens (primary N) is 1. The molecule has 0 bridgehead atoms. The van der Waals surface area contributed by atoms with Gasteiger partial charge in [0.05, 0.1) is 7.11 Å². The molecule has 26 heavy (non-hydrogen) atoms. The van der Waals surface area contributed by atoms with E-state index in [0.29, 0.717) is 16.5 Å². The van der Waals surface area contributed by atoms with Crippen LogP contribution in [0.4, 0.5) is 0 Å². The van der Waals surface area contributed by atoms with Crippen molar-refractivity contribution in [2.24, 2.45) is 5.73 Å². The molecule has 0 saturated heterocycles. The molecule has 5 nitrogen and oxygen atoms in total. The first-order valence-electron chi connectivity index (χ1n) is 7.58. The summed E-state index contributed by atoms with van der Waals surface area (Å²) < 4.78 is 5.60. The summed E-state index contributed by atoms with van der Waals surface area (Å²) in [7, 11) is 4.99. The summed E-state index contributed by atoms with van der Waals surface area (Å²) in [5, 5.41) is 0.617. The number of aromatic nitrogens is 1. The minimum absolute atomic E-state index is 0. The molecule has 0 saturated carbocycles. The summed E-state index contributed by atoms with van der Waals surface area (Å²) >= 11 is 6.37. The molecule has 0 radical (unpaired) electrons. The van der Waals surface area contributed by atoms with Crippen LogP contribution in [0.1, 0.15) is 34.6 Å². The van der Waals surface area contributed by atoms with Gasteiger partial charge < -0.3 is 15.4 Å². The molecule has 2 rings (SSSR count). The van der Waals surface area contributed by atoms with Gasteiger partial charge in [-0.15, -0.1) is 24.8 Å². The Morgan fingerprint density at radius 2 is 1.92 bits per heavy atom. The Labute approximate surface area is 171 Å². The largest absolute Gasteiger partial charge is 0.496 e. The fraction of sp³-hybridized carbons (Fsp3) is 0.333. The maximum absolute atomic E-state index is 12.0. The Hall–Kier alpha value is -1.53. The third kappa shape index (κ3) is 4.80.